The third-order valence-corrected chi connectivity index (χ3v) is 6.02. The zero-order valence-corrected chi connectivity index (χ0v) is 22.9. The molecule has 1 aliphatic rings. The van der Waals surface area contributed by atoms with Crippen molar-refractivity contribution in [1.82, 2.24) is 9.55 Å². The van der Waals surface area contributed by atoms with E-state index in [4.69, 9.17) is 9.47 Å². The van der Waals surface area contributed by atoms with Gasteiger partial charge in [-0.2, -0.15) is 0 Å². The van der Waals surface area contributed by atoms with Gasteiger partial charge >= 0.3 is 18.2 Å². The molecule has 1 aromatic heterocycles. The Labute approximate surface area is 217 Å². The number of imide groups is 1. The Hall–Kier alpha value is -3.21. The van der Waals surface area contributed by atoms with Gasteiger partial charge in [0.2, 0.25) is 5.95 Å². The molecular weight excluding hydrogens is 534 g/mol. The highest BCUT2D eigenvalue weighted by Gasteiger charge is 2.63. The van der Waals surface area contributed by atoms with Crippen LogP contribution in [0.25, 0.3) is 0 Å². The van der Waals surface area contributed by atoms with E-state index >= 15 is 0 Å². The molecule has 1 saturated carbocycles. The maximum absolute atomic E-state index is 13.1. The number of hydrogen-bond donors (Lipinski definition) is 1. The second kappa shape index (κ2) is 9.34. The summed E-state index contributed by atoms with van der Waals surface area (Å²) in [5.41, 5.74) is -3.09. The monoisotopic (exact) mass is 563 g/mol. The number of nitrogens with zero attached hydrogens (tertiary/aromatic N) is 3. The number of anilines is 1. The van der Waals surface area contributed by atoms with E-state index in [9.17, 15) is 24.3 Å². The Balaban J connectivity index is 2.13. The summed E-state index contributed by atoms with van der Waals surface area (Å²) in [6, 6.07) is 8.15. The van der Waals surface area contributed by atoms with Crippen molar-refractivity contribution in [2.75, 3.05) is 4.90 Å². The number of carbonyl (C=O) groups is 3. The maximum atomic E-state index is 13.1. The van der Waals surface area contributed by atoms with Gasteiger partial charge in [0.1, 0.15) is 16.6 Å². The molecule has 0 aliphatic heterocycles. The van der Waals surface area contributed by atoms with E-state index in [1.54, 1.807) is 65.8 Å². The molecule has 1 aliphatic carbocycles. The Morgan fingerprint density at radius 1 is 1.08 bits per heavy atom. The molecule has 2 aromatic rings. The molecule has 1 heterocycles. The van der Waals surface area contributed by atoms with Crippen molar-refractivity contribution < 1.29 is 29.0 Å². The maximum Gasteiger partial charge on any atom is 0.427 e. The molecule has 1 aromatic carbocycles. The predicted octanol–water partition coefficient (Wildman–Crippen LogP) is 4.73. The van der Waals surface area contributed by atoms with E-state index in [0.717, 1.165) is 4.57 Å². The average molecular weight is 564 g/mol. The number of ether oxygens (including phenoxy) is 2. The lowest BCUT2D eigenvalue weighted by atomic mass is 9.92. The van der Waals surface area contributed by atoms with E-state index in [2.05, 4.69) is 20.9 Å². The third-order valence-electron chi connectivity index (χ3n) is 5.52. The Bertz CT molecular complexity index is 1250. The van der Waals surface area contributed by atoms with Gasteiger partial charge in [0.25, 0.3) is 5.56 Å². The van der Waals surface area contributed by atoms with Crippen LogP contribution >= 0.6 is 15.9 Å². The second-order valence-electron chi connectivity index (χ2n) is 10.7. The molecule has 194 valence electrons. The third kappa shape index (κ3) is 5.61. The molecule has 0 radical (unpaired) electrons. The minimum absolute atomic E-state index is 0.146. The predicted molar refractivity (Wildman–Crippen MR) is 135 cm³/mol. The lowest BCUT2D eigenvalue weighted by Crippen LogP contribution is -2.46. The molecule has 0 unspecified atom stereocenters. The van der Waals surface area contributed by atoms with Gasteiger partial charge in [-0.05, 0) is 65.7 Å². The van der Waals surface area contributed by atoms with Crippen LogP contribution in [0.4, 0.5) is 15.5 Å². The largest absolute Gasteiger partial charge is 0.481 e. The van der Waals surface area contributed by atoms with Crippen molar-refractivity contribution >= 4 is 40.0 Å². The van der Waals surface area contributed by atoms with Crippen LogP contribution in [-0.4, -0.2) is 44.0 Å². The molecule has 2 amide bonds. The summed E-state index contributed by atoms with van der Waals surface area (Å²) in [4.78, 5) is 56.5. The number of amides is 2. The first kappa shape index (κ1) is 27.4. The molecular formula is C25H30BrN3O7. The lowest BCUT2D eigenvalue weighted by Gasteiger charge is -2.28. The van der Waals surface area contributed by atoms with Gasteiger partial charge in [0.05, 0.1) is 5.69 Å². The minimum Gasteiger partial charge on any atom is -0.481 e. The van der Waals surface area contributed by atoms with Crippen molar-refractivity contribution in [2.45, 2.75) is 70.5 Å². The number of halogens is 1. The topological polar surface area (TPSA) is 128 Å². The lowest BCUT2D eigenvalue weighted by molar-refractivity contribution is -0.140. The average Bonchev–Trinajstić information content (AvgIpc) is 3.46. The number of aliphatic carboxylic acids is 1. The number of rotatable bonds is 4. The number of hydrogen-bond acceptors (Lipinski definition) is 7. The number of benzene rings is 1. The molecule has 1 fully saturated rings. The van der Waals surface area contributed by atoms with Crippen LogP contribution in [0.5, 0.6) is 0 Å². The molecule has 36 heavy (non-hydrogen) atoms. The van der Waals surface area contributed by atoms with Crippen LogP contribution in [0.1, 0.15) is 65.1 Å². The first-order valence-corrected chi connectivity index (χ1v) is 12.1. The van der Waals surface area contributed by atoms with E-state index in [1.165, 1.54) is 13.1 Å². The van der Waals surface area contributed by atoms with Gasteiger partial charge in [-0.3, -0.25) is 14.2 Å². The first-order chi connectivity index (χ1) is 16.5. The van der Waals surface area contributed by atoms with Gasteiger partial charge in [0.15, 0.2) is 0 Å². The van der Waals surface area contributed by atoms with E-state index in [0.29, 0.717) is 14.9 Å². The van der Waals surface area contributed by atoms with Gasteiger partial charge in [-0.25, -0.2) is 14.6 Å². The molecule has 2 atom stereocenters. The van der Waals surface area contributed by atoms with E-state index < -0.39 is 46.3 Å². The minimum atomic E-state index is -1.30. The molecule has 1 N–H and O–H groups in total. The number of aromatic nitrogens is 2. The quantitative estimate of drug-likeness (QED) is 0.565. The van der Waals surface area contributed by atoms with Crippen molar-refractivity contribution in [3.63, 3.8) is 0 Å². The van der Waals surface area contributed by atoms with Gasteiger partial charge in [-0.15, -0.1) is 4.90 Å². The normalized spacial score (nSPS) is 19.4. The summed E-state index contributed by atoms with van der Waals surface area (Å²) in [5, 5.41) is 10.1. The van der Waals surface area contributed by atoms with Crippen LogP contribution in [0.15, 0.2) is 39.6 Å². The van der Waals surface area contributed by atoms with Crippen LogP contribution in [0.3, 0.4) is 0 Å². The Morgan fingerprint density at radius 3 is 2.11 bits per heavy atom. The fourth-order valence-corrected chi connectivity index (χ4v) is 4.24. The van der Waals surface area contributed by atoms with E-state index in [1.807, 2.05) is 0 Å². The van der Waals surface area contributed by atoms with Crippen LogP contribution in [0.2, 0.25) is 0 Å². The Morgan fingerprint density at radius 2 is 1.64 bits per heavy atom. The smallest absolute Gasteiger partial charge is 0.427 e. The van der Waals surface area contributed by atoms with E-state index in [-0.39, 0.29) is 18.1 Å². The van der Waals surface area contributed by atoms with Crippen molar-refractivity contribution in [1.29, 1.82) is 0 Å². The standard InChI is InChI=1S/C25H30BrN3O7/c1-23(2,3)35-21(33)29(22(34)36-24(4,5)6)20-27-17(12-18(30)28(20)7)16-13-25(16,19(31)32)14-9-8-10-15(26)11-14/h8-12,16H,13H2,1-7H3,(H,31,32)/t16-,25+/m0/s1. The zero-order valence-electron chi connectivity index (χ0n) is 21.3. The molecule has 3 rings (SSSR count). The summed E-state index contributed by atoms with van der Waals surface area (Å²) in [6.45, 7) is 9.78. The SMILES string of the molecule is Cn1c(N(C(=O)OC(C)(C)C)C(=O)OC(C)(C)C)nc([C@@H]2C[C@@]2(C(=O)O)c2cccc(Br)c2)cc1=O. The number of carboxylic acids is 1. The van der Waals surface area contributed by atoms with Crippen molar-refractivity contribution in [3.8, 4) is 0 Å². The zero-order chi connectivity index (χ0) is 27.2. The highest BCUT2D eigenvalue weighted by atomic mass is 79.9. The number of carboxylic acid groups (broad SMARTS) is 1. The van der Waals surface area contributed by atoms with Crippen LogP contribution in [0, 0.1) is 0 Å². The summed E-state index contributed by atoms with van der Waals surface area (Å²) < 4.78 is 12.5. The highest BCUT2D eigenvalue weighted by molar-refractivity contribution is 9.10. The fourth-order valence-electron chi connectivity index (χ4n) is 3.84. The summed E-state index contributed by atoms with van der Waals surface area (Å²) >= 11 is 3.37. The van der Waals surface area contributed by atoms with Gasteiger partial charge < -0.3 is 14.6 Å². The summed E-state index contributed by atoms with van der Waals surface area (Å²) in [5.74, 6) is -2.05. The second-order valence-corrected chi connectivity index (χ2v) is 11.6. The summed E-state index contributed by atoms with van der Waals surface area (Å²) in [7, 11) is 1.35. The Kier molecular flexibility index (Phi) is 7.11. The van der Waals surface area contributed by atoms with Gasteiger partial charge in [0, 0.05) is 23.5 Å². The highest BCUT2D eigenvalue weighted by Crippen LogP contribution is 2.60. The molecule has 0 spiro atoms. The van der Waals surface area contributed by atoms with Crippen molar-refractivity contribution in [2.24, 2.45) is 7.05 Å². The van der Waals surface area contributed by atoms with Crippen molar-refractivity contribution in [3.05, 3.63) is 56.4 Å². The summed E-state index contributed by atoms with van der Waals surface area (Å²) in [6.07, 6.45) is -1.97. The first-order valence-electron chi connectivity index (χ1n) is 11.3. The fraction of sp³-hybridized carbons (Fsp3) is 0.480. The molecule has 0 bridgehead atoms. The number of carbonyl (C=O) groups excluding carboxylic acids is 2. The van der Waals surface area contributed by atoms with Crippen LogP contribution in [-0.2, 0) is 26.7 Å². The molecule has 11 heteroatoms. The molecule has 10 nitrogen and oxygen atoms in total. The molecule has 0 saturated heterocycles. The van der Waals surface area contributed by atoms with Gasteiger partial charge in [-0.1, -0.05) is 28.1 Å². The van der Waals surface area contributed by atoms with Crippen LogP contribution < -0.4 is 10.5 Å².